The molecule has 0 saturated carbocycles. The normalized spacial score (nSPS) is 11.3. The average molecular weight is 324 g/mol. The number of amides is 1. The Hall–Kier alpha value is -2.66. The number of rotatable bonds is 3. The van der Waals surface area contributed by atoms with E-state index in [-0.39, 0.29) is 5.82 Å². The van der Waals surface area contributed by atoms with Crippen LogP contribution >= 0.6 is 11.3 Å². The van der Waals surface area contributed by atoms with Gasteiger partial charge in [0.1, 0.15) is 5.82 Å². The van der Waals surface area contributed by atoms with Crippen molar-refractivity contribution in [1.29, 1.82) is 0 Å². The molecule has 0 aliphatic rings. The van der Waals surface area contributed by atoms with Gasteiger partial charge >= 0.3 is 0 Å². The molecule has 0 aliphatic heterocycles. The fourth-order valence-electron chi connectivity index (χ4n) is 3.05. The molecule has 0 bridgehead atoms. The Bertz CT molecular complexity index is 1030. The van der Waals surface area contributed by atoms with Gasteiger partial charge in [0, 0.05) is 21.2 Å². The first-order valence-corrected chi connectivity index (χ1v) is 8.06. The van der Waals surface area contributed by atoms with E-state index in [1.54, 1.807) is 23.5 Å². The Balaban J connectivity index is 2.11. The van der Waals surface area contributed by atoms with Crippen molar-refractivity contribution in [1.82, 2.24) is 4.57 Å². The zero-order valence-corrected chi connectivity index (χ0v) is 12.9. The number of carbonyl (C=O) groups excluding carboxylic acids is 1. The number of hydrogen-bond donors (Lipinski definition) is 1. The fraction of sp³-hybridized carbons (Fsp3) is 0.0556. The molecule has 4 aromatic rings. The van der Waals surface area contributed by atoms with Crippen molar-refractivity contribution in [3.8, 4) is 0 Å². The Morgan fingerprint density at radius 3 is 2.74 bits per heavy atom. The molecule has 2 heterocycles. The number of carbonyl (C=O) groups is 1. The smallest absolute Gasteiger partial charge is 0.249 e. The summed E-state index contributed by atoms with van der Waals surface area (Å²) in [6.07, 6.45) is 0. The van der Waals surface area contributed by atoms with Gasteiger partial charge in [-0.25, -0.2) is 4.39 Å². The van der Waals surface area contributed by atoms with Crippen LogP contribution in [0.15, 0.2) is 53.9 Å². The van der Waals surface area contributed by atoms with Crippen LogP contribution in [0.4, 0.5) is 4.39 Å². The second-order valence-corrected chi connectivity index (χ2v) is 6.42. The van der Waals surface area contributed by atoms with E-state index in [0.29, 0.717) is 12.1 Å². The monoisotopic (exact) mass is 324 g/mol. The highest BCUT2D eigenvalue weighted by atomic mass is 32.1. The number of aromatic nitrogens is 1. The van der Waals surface area contributed by atoms with Crippen LogP contribution in [0, 0.1) is 5.82 Å². The molecule has 0 atom stereocenters. The molecular weight excluding hydrogens is 311 g/mol. The molecule has 0 unspecified atom stereocenters. The summed E-state index contributed by atoms with van der Waals surface area (Å²) < 4.78 is 15.8. The Kier molecular flexibility index (Phi) is 3.16. The van der Waals surface area contributed by atoms with Crippen LogP contribution in [0.2, 0.25) is 0 Å². The molecule has 114 valence electrons. The number of benzene rings is 2. The minimum Gasteiger partial charge on any atom is -0.366 e. The third-order valence-corrected chi connectivity index (χ3v) is 4.87. The van der Waals surface area contributed by atoms with Crippen LogP contribution in [0.1, 0.15) is 15.2 Å². The van der Waals surface area contributed by atoms with Gasteiger partial charge in [0.25, 0.3) is 0 Å². The highest BCUT2D eigenvalue weighted by Gasteiger charge is 2.17. The Labute approximate surface area is 135 Å². The average Bonchev–Trinajstić information content (AvgIpc) is 3.14. The number of halogens is 1. The van der Waals surface area contributed by atoms with Crippen molar-refractivity contribution in [2.24, 2.45) is 5.73 Å². The van der Waals surface area contributed by atoms with E-state index in [0.717, 1.165) is 26.7 Å². The maximum absolute atomic E-state index is 13.8. The van der Waals surface area contributed by atoms with Crippen molar-refractivity contribution >= 4 is 39.0 Å². The van der Waals surface area contributed by atoms with Gasteiger partial charge in [-0.05, 0) is 41.8 Å². The third-order valence-electron chi connectivity index (χ3n) is 4.01. The lowest BCUT2D eigenvalue weighted by Gasteiger charge is -2.06. The first kappa shape index (κ1) is 14.0. The molecule has 0 radical (unpaired) electrons. The SMILES string of the molecule is NC(=O)c1cccc2c1c1ccc(F)cc1n2Cc1cccs1. The molecule has 0 aliphatic carbocycles. The molecule has 2 aromatic heterocycles. The lowest BCUT2D eigenvalue weighted by atomic mass is 10.1. The highest BCUT2D eigenvalue weighted by Crippen LogP contribution is 2.33. The van der Waals surface area contributed by atoms with E-state index in [1.807, 2.05) is 34.2 Å². The van der Waals surface area contributed by atoms with Crippen molar-refractivity contribution in [2.75, 3.05) is 0 Å². The lowest BCUT2D eigenvalue weighted by molar-refractivity contribution is 0.100. The first-order chi connectivity index (χ1) is 11.1. The minimum absolute atomic E-state index is 0.298. The van der Waals surface area contributed by atoms with Gasteiger partial charge < -0.3 is 10.3 Å². The van der Waals surface area contributed by atoms with Crippen molar-refractivity contribution < 1.29 is 9.18 Å². The summed E-state index contributed by atoms with van der Waals surface area (Å²) in [6.45, 7) is 0.628. The van der Waals surface area contributed by atoms with Crippen molar-refractivity contribution in [3.63, 3.8) is 0 Å². The summed E-state index contributed by atoms with van der Waals surface area (Å²) in [4.78, 5) is 13.0. The summed E-state index contributed by atoms with van der Waals surface area (Å²) in [7, 11) is 0. The molecular formula is C18H13FN2OS. The molecule has 2 aromatic carbocycles. The quantitative estimate of drug-likeness (QED) is 0.605. The summed E-state index contributed by atoms with van der Waals surface area (Å²) in [5.41, 5.74) is 7.64. The summed E-state index contributed by atoms with van der Waals surface area (Å²) in [5, 5.41) is 3.64. The fourth-order valence-corrected chi connectivity index (χ4v) is 3.74. The number of nitrogens with zero attached hydrogens (tertiary/aromatic N) is 1. The summed E-state index contributed by atoms with van der Waals surface area (Å²) in [5.74, 6) is -0.775. The maximum Gasteiger partial charge on any atom is 0.249 e. The minimum atomic E-state index is -0.477. The predicted molar refractivity (Wildman–Crippen MR) is 91.3 cm³/mol. The largest absolute Gasteiger partial charge is 0.366 e. The molecule has 0 saturated heterocycles. The van der Waals surface area contributed by atoms with Crippen LogP contribution < -0.4 is 5.73 Å². The molecule has 0 fully saturated rings. The van der Waals surface area contributed by atoms with Gasteiger partial charge in [-0.2, -0.15) is 0 Å². The molecule has 4 rings (SSSR count). The van der Waals surface area contributed by atoms with Crippen LogP contribution in [-0.4, -0.2) is 10.5 Å². The van der Waals surface area contributed by atoms with Gasteiger partial charge in [-0.1, -0.05) is 12.1 Å². The predicted octanol–water partition coefficient (Wildman–Crippen LogP) is 4.14. The molecule has 2 N–H and O–H groups in total. The molecule has 0 spiro atoms. The van der Waals surface area contributed by atoms with E-state index in [2.05, 4.69) is 0 Å². The van der Waals surface area contributed by atoms with Crippen LogP contribution in [0.5, 0.6) is 0 Å². The lowest BCUT2D eigenvalue weighted by Crippen LogP contribution is -2.11. The van der Waals surface area contributed by atoms with Gasteiger partial charge in [0.2, 0.25) is 5.91 Å². The number of fused-ring (bicyclic) bond motifs is 3. The zero-order valence-electron chi connectivity index (χ0n) is 12.1. The van der Waals surface area contributed by atoms with Gasteiger partial charge in [0.15, 0.2) is 0 Å². The van der Waals surface area contributed by atoms with E-state index < -0.39 is 5.91 Å². The van der Waals surface area contributed by atoms with Gasteiger partial charge in [-0.15, -0.1) is 11.3 Å². The maximum atomic E-state index is 13.8. The van der Waals surface area contributed by atoms with Crippen molar-refractivity contribution in [3.05, 3.63) is 70.2 Å². The molecule has 1 amide bonds. The van der Waals surface area contributed by atoms with Crippen molar-refractivity contribution in [2.45, 2.75) is 6.54 Å². The van der Waals surface area contributed by atoms with Gasteiger partial charge in [0.05, 0.1) is 17.6 Å². The molecule has 5 heteroatoms. The van der Waals surface area contributed by atoms with Crippen LogP contribution in [0.3, 0.4) is 0 Å². The third kappa shape index (κ3) is 2.21. The van der Waals surface area contributed by atoms with E-state index in [9.17, 15) is 9.18 Å². The van der Waals surface area contributed by atoms with E-state index in [4.69, 9.17) is 5.73 Å². The second-order valence-electron chi connectivity index (χ2n) is 5.39. The summed E-state index contributed by atoms with van der Waals surface area (Å²) in [6, 6.07) is 14.1. The first-order valence-electron chi connectivity index (χ1n) is 7.18. The molecule has 3 nitrogen and oxygen atoms in total. The Morgan fingerprint density at radius 2 is 2.00 bits per heavy atom. The van der Waals surface area contributed by atoms with E-state index >= 15 is 0 Å². The standard InChI is InChI=1S/C18H13FN2OS/c19-11-6-7-13-16(9-11)21(10-12-3-2-8-23-12)15-5-1-4-14(17(13)15)18(20)22/h1-9H,10H2,(H2,20,22). The highest BCUT2D eigenvalue weighted by molar-refractivity contribution is 7.09. The number of nitrogens with two attached hydrogens (primary N) is 1. The summed E-state index contributed by atoms with van der Waals surface area (Å²) >= 11 is 1.65. The van der Waals surface area contributed by atoms with Crippen LogP contribution in [-0.2, 0) is 6.54 Å². The topological polar surface area (TPSA) is 48.0 Å². The number of primary amides is 1. The zero-order chi connectivity index (χ0) is 16.0. The number of thiophene rings is 1. The second kappa shape index (κ2) is 5.21. The van der Waals surface area contributed by atoms with Crippen LogP contribution in [0.25, 0.3) is 21.8 Å². The molecule has 23 heavy (non-hydrogen) atoms. The van der Waals surface area contributed by atoms with Gasteiger partial charge in [-0.3, -0.25) is 4.79 Å². The number of hydrogen-bond acceptors (Lipinski definition) is 2. The Morgan fingerprint density at radius 1 is 1.13 bits per heavy atom. The van der Waals surface area contributed by atoms with E-state index in [1.165, 1.54) is 12.1 Å².